The Morgan fingerprint density at radius 2 is 1.64 bits per heavy atom. The van der Waals surface area contributed by atoms with Crippen LogP contribution < -0.4 is 21.3 Å². The number of carbonyl (C=O) groups excluding carboxylic acids is 3. The number of hydrogen-bond donors (Lipinski definition) is 4. The second-order valence-corrected chi connectivity index (χ2v) is 14.4. The molecule has 224 valence electrons. The average Bonchev–Trinajstić information content (AvgIpc) is 3.42. The molecule has 9 heteroatoms. The first-order chi connectivity index (χ1) is 20.0. The van der Waals surface area contributed by atoms with E-state index in [2.05, 4.69) is 35.1 Å². The molecule has 4 N–H and O–H groups in total. The van der Waals surface area contributed by atoms with Gasteiger partial charge in [-0.3, -0.25) is 19.7 Å². The number of nitrogens with one attached hydrogen (secondary N) is 4. The summed E-state index contributed by atoms with van der Waals surface area (Å²) >= 11 is 13.1. The first kappa shape index (κ1) is 29.5. The normalized spacial score (nSPS) is 28.0. The summed E-state index contributed by atoms with van der Waals surface area (Å²) in [5.74, 6) is -1.15. The molecule has 0 aromatic heterocycles. The molecular formula is C33H40Cl2N4O3. The van der Waals surface area contributed by atoms with Gasteiger partial charge in [0.2, 0.25) is 11.8 Å². The molecule has 0 radical (unpaired) electrons. The summed E-state index contributed by atoms with van der Waals surface area (Å²) in [6, 6.07) is 10.2. The number of carbonyl (C=O) groups is 3. The summed E-state index contributed by atoms with van der Waals surface area (Å²) in [4.78, 5) is 41.9. The standard InChI is InChI=1S/C33H40Cl2N4O3/c1-31(2)11-13-32(14-12-31)33(24-10-9-21(34)18-25(24)38-30(33)42)26(19-15-20(28(40)36-3)17-22(35)16-19)27(39-32)29(41)37-23-7-5-4-6-8-23/h9-10,15-18,23,26-27,39H,4-8,11-14H2,1-3H3,(H,36,40)(H,37,41)(H,38,42)/t26-,27+,33+/m0/s1. The Hall–Kier alpha value is -2.61. The van der Waals surface area contributed by atoms with Crippen molar-refractivity contribution in [2.45, 2.75) is 101 Å². The highest BCUT2D eigenvalue weighted by Gasteiger charge is 2.72. The zero-order chi connectivity index (χ0) is 29.9. The molecule has 2 saturated carbocycles. The van der Waals surface area contributed by atoms with Crippen LogP contribution in [0.4, 0.5) is 5.69 Å². The van der Waals surface area contributed by atoms with Crippen molar-refractivity contribution in [1.29, 1.82) is 0 Å². The smallest absolute Gasteiger partial charge is 0.251 e. The number of fused-ring (bicyclic) bond motifs is 3. The monoisotopic (exact) mass is 610 g/mol. The topological polar surface area (TPSA) is 99.3 Å². The van der Waals surface area contributed by atoms with Gasteiger partial charge < -0.3 is 16.0 Å². The van der Waals surface area contributed by atoms with E-state index in [1.807, 2.05) is 18.2 Å². The predicted molar refractivity (Wildman–Crippen MR) is 166 cm³/mol. The van der Waals surface area contributed by atoms with Crippen LogP contribution in [0.3, 0.4) is 0 Å². The summed E-state index contributed by atoms with van der Waals surface area (Å²) in [7, 11) is 1.57. The van der Waals surface area contributed by atoms with Crippen LogP contribution in [-0.2, 0) is 15.0 Å². The lowest BCUT2D eigenvalue weighted by atomic mass is 9.53. The minimum Gasteiger partial charge on any atom is -0.355 e. The average molecular weight is 612 g/mol. The summed E-state index contributed by atoms with van der Waals surface area (Å²) < 4.78 is 0. The van der Waals surface area contributed by atoms with Gasteiger partial charge in [-0.25, -0.2) is 0 Å². The van der Waals surface area contributed by atoms with Gasteiger partial charge in [-0.15, -0.1) is 0 Å². The van der Waals surface area contributed by atoms with Crippen molar-refractivity contribution in [3.05, 3.63) is 63.1 Å². The van der Waals surface area contributed by atoms with Crippen LogP contribution in [0.25, 0.3) is 0 Å². The molecule has 2 aliphatic carbocycles. The van der Waals surface area contributed by atoms with Crippen LogP contribution in [0.2, 0.25) is 10.0 Å². The molecule has 6 rings (SSSR count). The van der Waals surface area contributed by atoms with E-state index in [1.54, 1.807) is 25.2 Å². The molecule has 0 unspecified atom stereocenters. The van der Waals surface area contributed by atoms with Gasteiger partial charge in [-0.1, -0.05) is 62.4 Å². The molecule has 3 amide bonds. The fraction of sp³-hybridized carbons (Fsp3) is 0.545. The Kier molecular flexibility index (Phi) is 7.60. The maximum atomic E-state index is 14.7. The van der Waals surface area contributed by atoms with E-state index in [4.69, 9.17) is 23.2 Å². The zero-order valence-electron chi connectivity index (χ0n) is 24.5. The van der Waals surface area contributed by atoms with Crippen molar-refractivity contribution in [2.75, 3.05) is 12.4 Å². The first-order valence-corrected chi connectivity index (χ1v) is 16.0. The Balaban J connectivity index is 1.57. The van der Waals surface area contributed by atoms with E-state index in [1.165, 1.54) is 6.42 Å². The number of anilines is 1. The molecule has 2 heterocycles. The fourth-order valence-electron chi connectivity index (χ4n) is 8.29. The van der Waals surface area contributed by atoms with E-state index in [0.717, 1.165) is 56.9 Å². The molecule has 3 atom stereocenters. The Bertz CT molecular complexity index is 1430. The minimum absolute atomic E-state index is 0.107. The van der Waals surface area contributed by atoms with Gasteiger partial charge >= 0.3 is 0 Å². The van der Waals surface area contributed by atoms with Gasteiger partial charge in [-0.05, 0) is 85.4 Å². The molecule has 42 heavy (non-hydrogen) atoms. The van der Waals surface area contributed by atoms with Gasteiger partial charge in [0.15, 0.2) is 0 Å². The van der Waals surface area contributed by atoms with Crippen molar-refractivity contribution in [3.63, 3.8) is 0 Å². The molecular weight excluding hydrogens is 571 g/mol. The van der Waals surface area contributed by atoms with Gasteiger partial charge in [0.1, 0.15) is 5.41 Å². The molecule has 2 aromatic rings. The van der Waals surface area contributed by atoms with Crippen LogP contribution >= 0.6 is 23.2 Å². The van der Waals surface area contributed by atoms with E-state index < -0.39 is 22.9 Å². The molecule has 2 aromatic carbocycles. The maximum Gasteiger partial charge on any atom is 0.251 e. The van der Waals surface area contributed by atoms with Crippen LogP contribution in [0.15, 0.2) is 36.4 Å². The van der Waals surface area contributed by atoms with Crippen LogP contribution in [0, 0.1) is 5.41 Å². The Morgan fingerprint density at radius 1 is 0.929 bits per heavy atom. The van der Waals surface area contributed by atoms with E-state index in [-0.39, 0.29) is 29.2 Å². The van der Waals surface area contributed by atoms with E-state index in [9.17, 15) is 14.4 Å². The maximum absolute atomic E-state index is 14.7. The number of hydrogen-bond acceptors (Lipinski definition) is 4. The summed E-state index contributed by atoms with van der Waals surface area (Å²) in [6.07, 6.45) is 8.53. The number of benzene rings is 2. The predicted octanol–water partition coefficient (Wildman–Crippen LogP) is 6.09. The van der Waals surface area contributed by atoms with Gasteiger partial charge in [0.25, 0.3) is 5.91 Å². The van der Waals surface area contributed by atoms with Crippen LogP contribution in [0.1, 0.15) is 99.0 Å². The van der Waals surface area contributed by atoms with Crippen molar-refractivity contribution in [2.24, 2.45) is 5.41 Å². The molecule has 7 nitrogen and oxygen atoms in total. The third-order valence-corrected chi connectivity index (χ3v) is 10.9. The summed E-state index contributed by atoms with van der Waals surface area (Å²) in [5, 5.41) is 13.9. The molecule has 0 bridgehead atoms. The van der Waals surface area contributed by atoms with E-state index in [0.29, 0.717) is 26.9 Å². The number of halogens is 2. The lowest BCUT2D eigenvalue weighted by Crippen LogP contribution is -2.61. The third kappa shape index (κ3) is 4.72. The molecule has 2 spiro atoms. The van der Waals surface area contributed by atoms with E-state index >= 15 is 0 Å². The van der Waals surface area contributed by atoms with Crippen molar-refractivity contribution < 1.29 is 14.4 Å². The zero-order valence-corrected chi connectivity index (χ0v) is 26.1. The highest BCUT2D eigenvalue weighted by Crippen LogP contribution is 2.63. The first-order valence-electron chi connectivity index (χ1n) is 15.2. The lowest BCUT2D eigenvalue weighted by molar-refractivity contribution is -0.125. The highest BCUT2D eigenvalue weighted by atomic mass is 35.5. The summed E-state index contributed by atoms with van der Waals surface area (Å²) in [6.45, 7) is 4.53. The summed E-state index contributed by atoms with van der Waals surface area (Å²) in [5.41, 5.74) is 0.892. The third-order valence-electron chi connectivity index (χ3n) is 10.5. The van der Waals surface area contributed by atoms with Crippen molar-refractivity contribution >= 4 is 46.6 Å². The lowest BCUT2D eigenvalue weighted by Gasteiger charge is -2.50. The van der Waals surface area contributed by atoms with Crippen LogP contribution in [0.5, 0.6) is 0 Å². The van der Waals surface area contributed by atoms with Gasteiger partial charge in [0, 0.05) is 45.8 Å². The Morgan fingerprint density at radius 3 is 2.33 bits per heavy atom. The molecule has 1 saturated heterocycles. The van der Waals surface area contributed by atoms with Gasteiger partial charge in [-0.2, -0.15) is 0 Å². The minimum atomic E-state index is -1.12. The molecule has 4 aliphatic rings. The number of amides is 3. The SMILES string of the molecule is CNC(=O)c1cc(Cl)cc([C@H]2[C@H](C(=O)NC3CCCCC3)NC3(CCC(C)(C)CC3)[C@@]23C(=O)Nc2cc(Cl)ccc23)c1. The largest absolute Gasteiger partial charge is 0.355 e. The van der Waals surface area contributed by atoms with Crippen LogP contribution in [-0.4, -0.2) is 42.4 Å². The van der Waals surface area contributed by atoms with Gasteiger partial charge in [0.05, 0.1) is 6.04 Å². The highest BCUT2D eigenvalue weighted by molar-refractivity contribution is 6.31. The molecule has 3 fully saturated rings. The second kappa shape index (κ2) is 10.8. The Labute approximate surface area is 257 Å². The van der Waals surface area contributed by atoms with Crippen molar-refractivity contribution in [3.8, 4) is 0 Å². The van der Waals surface area contributed by atoms with Crippen molar-refractivity contribution in [1.82, 2.24) is 16.0 Å². The quantitative estimate of drug-likeness (QED) is 0.337. The molecule has 2 aliphatic heterocycles. The second-order valence-electron chi connectivity index (χ2n) is 13.5. The fourth-order valence-corrected chi connectivity index (χ4v) is 8.71. The number of rotatable bonds is 4.